The summed E-state index contributed by atoms with van der Waals surface area (Å²) < 4.78 is 0.663. The lowest BCUT2D eigenvalue weighted by Gasteiger charge is -2.13. The fourth-order valence-electron chi connectivity index (χ4n) is 1.63. The van der Waals surface area contributed by atoms with Gasteiger partial charge >= 0.3 is 0 Å². The minimum atomic E-state index is -0.0480. The van der Waals surface area contributed by atoms with E-state index in [0.29, 0.717) is 15.3 Å². The number of nitrogens with one attached hydrogen (secondary N) is 1. The van der Waals surface area contributed by atoms with Crippen molar-refractivity contribution in [3.63, 3.8) is 0 Å². The van der Waals surface area contributed by atoms with Crippen molar-refractivity contribution >= 4 is 39.1 Å². The second-order valence-corrected chi connectivity index (χ2v) is 6.01. The quantitative estimate of drug-likeness (QED) is 0.772. The molecule has 1 aromatic heterocycles. The van der Waals surface area contributed by atoms with E-state index < -0.39 is 0 Å². The van der Waals surface area contributed by atoms with Gasteiger partial charge in [-0.3, -0.25) is 4.79 Å². The fourth-order valence-corrected chi connectivity index (χ4v) is 2.08. The molecule has 1 amide bonds. The van der Waals surface area contributed by atoms with Gasteiger partial charge in [-0.1, -0.05) is 24.9 Å². The largest absolute Gasteiger partial charge is 0.328 e. The van der Waals surface area contributed by atoms with Crippen molar-refractivity contribution in [2.75, 3.05) is 5.32 Å². The highest BCUT2D eigenvalue weighted by molar-refractivity contribution is 9.10. The van der Waals surface area contributed by atoms with Crippen LogP contribution in [0.25, 0.3) is 0 Å². The van der Waals surface area contributed by atoms with E-state index in [2.05, 4.69) is 26.2 Å². The molecule has 1 aromatic rings. The molecule has 6 heteroatoms. The third-order valence-corrected chi connectivity index (χ3v) is 3.94. The molecule has 0 radical (unpaired) electrons. The highest BCUT2D eigenvalue weighted by atomic mass is 79.9. The Hall–Kier alpha value is -0.650. The topological polar surface area (TPSA) is 68.0 Å². The van der Waals surface area contributed by atoms with E-state index in [4.69, 9.17) is 17.3 Å². The molecule has 106 valence electrons. The lowest BCUT2D eigenvalue weighted by molar-refractivity contribution is -0.119. The van der Waals surface area contributed by atoms with Crippen LogP contribution in [-0.4, -0.2) is 16.9 Å². The summed E-state index contributed by atoms with van der Waals surface area (Å²) in [7, 11) is 0. The van der Waals surface area contributed by atoms with E-state index >= 15 is 0 Å². The van der Waals surface area contributed by atoms with Crippen molar-refractivity contribution in [1.82, 2.24) is 4.98 Å². The summed E-state index contributed by atoms with van der Waals surface area (Å²) in [6, 6.07) is 1.92. The van der Waals surface area contributed by atoms with Gasteiger partial charge in [0.1, 0.15) is 5.15 Å². The summed E-state index contributed by atoms with van der Waals surface area (Å²) in [6.45, 7) is 3.89. The van der Waals surface area contributed by atoms with Gasteiger partial charge in [-0.2, -0.15) is 0 Å². The number of nitrogens with zero attached hydrogens (tertiary/aromatic N) is 1. The van der Waals surface area contributed by atoms with Crippen molar-refractivity contribution < 1.29 is 4.79 Å². The Bertz CT molecular complexity index is 440. The van der Waals surface area contributed by atoms with E-state index in [0.717, 1.165) is 19.3 Å². The fraction of sp³-hybridized carbons (Fsp3) is 0.538. The molecule has 3 N–H and O–H groups in total. The first-order valence-corrected chi connectivity index (χ1v) is 7.44. The van der Waals surface area contributed by atoms with Gasteiger partial charge in [0.2, 0.25) is 5.91 Å². The van der Waals surface area contributed by atoms with Gasteiger partial charge < -0.3 is 11.1 Å². The van der Waals surface area contributed by atoms with Crippen LogP contribution in [0.1, 0.15) is 33.1 Å². The van der Waals surface area contributed by atoms with Crippen LogP contribution < -0.4 is 11.1 Å². The molecule has 1 heterocycles. The minimum absolute atomic E-state index is 0.0132. The number of hydrogen-bond acceptors (Lipinski definition) is 3. The van der Waals surface area contributed by atoms with E-state index in [1.807, 2.05) is 13.8 Å². The number of halogens is 2. The first-order chi connectivity index (χ1) is 8.90. The molecule has 2 atom stereocenters. The maximum Gasteiger partial charge on any atom is 0.227 e. The Morgan fingerprint density at radius 2 is 2.21 bits per heavy atom. The molecule has 0 aromatic carbocycles. The molecule has 0 saturated heterocycles. The molecule has 2 unspecified atom stereocenters. The van der Waals surface area contributed by atoms with Crippen molar-refractivity contribution in [2.45, 2.75) is 39.2 Å². The summed E-state index contributed by atoms with van der Waals surface area (Å²) in [5.41, 5.74) is 6.32. The Morgan fingerprint density at radius 1 is 1.53 bits per heavy atom. The number of anilines is 1. The van der Waals surface area contributed by atoms with Gasteiger partial charge in [0.05, 0.1) is 16.4 Å². The number of rotatable bonds is 6. The average molecular weight is 349 g/mol. The van der Waals surface area contributed by atoms with Crippen LogP contribution >= 0.6 is 27.5 Å². The van der Waals surface area contributed by atoms with Crippen LogP contribution in [0.15, 0.2) is 16.7 Å². The number of pyridine rings is 1. The second-order valence-electron chi connectivity index (χ2n) is 4.80. The van der Waals surface area contributed by atoms with Gasteiger partial charge in [-0.05, 0) is 41.8 Å². The molecule has 19 heavy (non-hydrogen) atoms. The predicted octanol–water partition coefficient (Wildman–Crippen LogP) is 3.59. The van der Waals surface area contributed by atoms with Crippen molar-refractivity contribution in [3.05, 3.63) is 21.9 Å². The zero-order valence-electron chi connectivity index (χ0n) is 11.1. The third kappa shape index (κ3) is 5.89. The van der Waals surface area contributed by atoms with Gasteiger partial charge in [0, 0.05) is 12.0 Å². The molecule has 4 nitrogen and oxygen atoms in total. The number of aromatic nitrogens is 1. The van der Waals surface area contributed by atoms with E-state index in [-0.39, 0.29) is 17.9 Å². The van der Waals surface area contributed by atoms with E-state index in [1.165, 1.54) is 0 Å². The van der Waals surface area contributed by atoms with Crippen LogP contribution in [0.4, 0.5) is 5.69 Å². The maximum atomic E-state index is 12.0. The third-order valence-electron chi connectivity index (χ3n) is 2.81. The molecular formula is C13H19BrClN3O. The van der Waals surface area contributed by atoms with Gasteiger partial charge in [0.25, 0.3) is 0 Å². The Labute approximate surface area is 127 Å². The van der Waals surface area contributed by atoms with Gasteiger partial charge in [-0.25, -0.2) is 4.98 Å². The van der Waals surface area contributed by atoms with E-state index in [9.17, 15) is 4.79 Å². The summed E-state index contributed by atoms with van der Waals surface area (Å²) >= 11 is 9.07. The molecule has 0 saturated carbocycles. The average Bonchev–Trinajstić information content (AvgIpc) is 2.33. The predicted molar refractivity (Wildman–Crippen MR) is 82.2 cm³/mol. The number of nitrogens with two attached hydrogens (primary N) is 1. The molecule has 0 spiro atoms. The van der Waals surface area contributed by atoms with Crippen molar-refractivity contribution in [2.24, 2.45) is 11.7 Å². The van der Waals surface area contributed by atoms with Gasteiger partial charge in [0.15, 0.2) is 0 Å². The summed E-state index contributed by atoms with van der Waals surface area (Å²) in [6.07, 6.45) is 4.26. The zero-order chi connectivity index (χ0) is 14.4. The molecule has 0 aliphatic carbocycles. The molecule has 0 fully saturated rings. The summed E-state index contributed by atoms with van der Waals surface area (Å²) in [4.78, 5) is 15.9. The van der Waals surface area contributed by atoms with Gasteiger partial charge in [-0.15, -0.1) is 0 Å². The van der Waals surface area contributed by atoms with Crippen LogP contribution in [0.5, 0.6) is 0 Å². The SMILES string of the molecule is CC(N)CCCC(C)C(=O)Nc1cnc(Cl)c(Br)c1. The minimum Gasteiger partial charge on any atom is -0.328 e. The lowest BCUT2D eigenvalue weighted by atomic mass is 10.0. The van der Waals surface area contributed by atoms with Crippen molar-refractivity contribution in [1.29, 1.82) is 0 Å². The molecule has 0 bridgehead atoms. The summed E-state index contributed by atoms with van der Waals surface area (Å²) in [5.74, 6) is -0.0612. The highest BCUT2D eigenvalue weighted by Gasteiger charge is 2.13. The molecular weight excluding hydrogens is 330 g/mol. The number of hydrogen-bond donors (Lipinski definition) is 2. The zero-order valence-corrected chi connectivity index (χ0v) is 13.5. The van der Waals surface area contributed by atoms with Crippen LogP contribution in [-0.2, 0) is 4.79 Å². The first kappa shape index (κ1) is 16.4. The standard InChI is InChI=1S/C13H19BrClN3O/c1-8(4-3-5-9(2)16)13(19)18-10-6-11(14)12(15)17-7-10/h6-9H,3-5,16H2,1-2H3,(H,18,19). The van der Waals surface area contributed by atoms with Crippen LogP contribution in [0, 0.1) is 5.92 Å². The number of carbonyl (C=O) groups is 1. The Kier molecular flexibility index (Phi) is 6.75. The molecule has 1 rings (SSSR count). The van der Waals surface area contributed by atoms with Crippen LogP contribution in [0.2, 0.25) is 5.15 Å². The monoisotopic (exact) mass is 347 g/mol. The normalized spacial score (nSPS) is 13.9. The number of amides is 1. The van der Waals surface area contributed by atoms with Crippen molar-refractivity contribution in [3.8, 4) is 0 Å². The first-order valence-electron chi connectivity index (χ1n) is 6.27. The lowest BCUT2D eigenvalue weighted by Crippen LogP contribution is -2.21. The number of carbonyl (C=O) groups excluding carboxylic acids is 1. The molecule has 0 aliphatic rings. The Balaban J connectivity index is 2.47. The van der Waals surface area contributed by atoms with E-state index in [1.54, 1.807) is 12.3 Å². The maximum absolute atomic E-state index is 12.0. The summed E-state index contributed by atoms with van der Waals surface area (Å²) in [5, 5.41) is 3.20. The second kappa shape index (κ2) is 7.82. The van der Waals surface area contributed by atoms with Crippen LogP contribution in [0.3, 0.4) is 0 Å². The highest BCUT2D eigenvalue weighted by Crippen LogP contribution is 2.23. The smallest absolute Gasteiger partial charge is 0.227 e. The Morgan fingerprint density at radius 3 is 2.79 bits per heavy atom. The molecule has 0 aliphatic heterocycles.